The molecular weight excluding hydrogens is 254 g/mol. The molecule has 1 rings (SSSR count). The van der Waals surface area contributed by atoms with Crippen LogP contribution in [-0.4, -0.2) is 35.8 Å². The van der Waals surface area contributed by atoms with Gasteiger partial charge in [-0.25, -0.2) is 0 Å². The maximum absolute atomic E-state index is 11.6. The van der Waals surface area contributed by atoms with Gasteiger partial charge in [0.05, 0.1) is 26.6 Å². The van der Waals surface area contributed by atoms with Crippen LogP contribution in [0.15, 0.2) is 23.1 Å². The first kappa shape index (κ1) is 14.7. The molecule has 1 atom stereocenters. The summed E-state index contributed by atoms with van der Waals surface area (Å²) < 4.78 is 10.3. The molecule has 0 saturated heterocycles. The molecule has 104 valence electrons. The van der Waals surface area contributed by atoms with Crippen LogP contribution in [0.1, 0.15) is 6.42 Å². The van der Waals surface area contributed by atoms with Gasteiger partial charge in [-0.05, 0) is 6.07 Å². The van der Waals surface area contributed by atoms with Crippen molar-refractivity contribution in [3.05, 3.63) is 28.7 Å². The largest absolute Gasteiger partial charge is 0.508 e. The Labute approximate surface area is 109 Å². The van der Waals surface area contributed by atoms with Gasteiger partial charge >= 0.3 is 11.9 Å². The van der Waals surface area contributed by atoms with E-state index in [9.17, 15) is 14.4 Å². The number of ether oxygens (including phenoxy) is 2. The highest BCUT2D eigenvalue weighted by Crippen LogP contribution is 2.10. The summed E-state index contributed by atoms with van der Waals surface area (Å²) in [5.41, 5.74) is -0.473. The first-order valence-electron chi connectivity index (χ1n) is 5.52. The van der Waals surface area contributed by atoms with E-state index in [2.05, 4.69) is 9.47 Å². The molecule has 0 spiro atoms. The molecular formula is C12H15NO6. The highest BCUT2D eigenvalue weighted by Gasteiger charge is 2.24. The molecule has 7 nitrogen and oxygen atoms in total. The van der Waals surface area contributed by atoms with Crippen LogP contribution < -0.4 is 5.56 Å². The molecule has 1 heterocycles. The third-order valence-corrected chi connectivity index (χ3v) is 2.57. The number of methoxy groups -OCH3 is 2. The highest BCUT2D eigenvalue weighted by molar-refractivity contribution is 5.79. The summed E-state index contributed by atoms with van der Waals surface area (Å²) in [5, 5.41) is 9.13. The monoisotopic (exact) mass is 269 g/mol. The molecule has 0 radical (unpaired) electrons. The van der Waals surface area contributed by atoms with E-state index < -0.39 is 23.4 Å². The molecule has 0 aliphatic rings. The Kier molecular flexibility index (Phi) is 5.11. The van der Waals surface area contributed by atoms with Crippen LogP contribution in [0.2, 0.25) is 0 Å². The predicted molar refractivity (Wildman–Crippen MR) is 64.5 cm³/mol. The van der Waals surface area contributed by atoms with E-state index in [0.29, 0.717) is 0 Å². The molecule has 0 bridgehead atoms. The van der Waals surface area contributed by atoms with Crippen molar-refractivity contribution in [2.75, 3.05) is 14.2 Å². The van der Waals surface area contributed by atoms with Gasteiger partial charge in [-0.15, -0.1) is 0 Å². The van der Waals surface area contributed by atoms with Crippen LogP contribution in [-0.2, 0) is 25.6 Å². The zero-order chi connectivity index (χ0) is 14.4. The second-order valence-electron chi connectivity index (χ2n) is 3.88. The fourth-order valence-corrected chi connectivity index (χ4v) is 1.56. The number of rotatable bonds is 5. The van der Waals surface area contributed by atoms with Crippen molar-refractivity contribution in [1.29, 1.82) is 0 Å². The van der Waals surface area contributed by atoms with Crippen LogP contribution >= 0.6 is 0 Å². The van der Waals surface area contributed by atoms with Gasteiger partial charge in [0.25, 0.3) is 5.56 Å². The lowest BCUT2D eigenvalue weighted by Gasteiger charge is -2.14. The van der Waals surface area contributed by atoms with E-state index in [1.165, 1.54) is 31.0 Å². The number of hydrogen-bond acceptors (Lipinski definition) is 6. The first-order chi connectivity index (χ1) is 8.97. The number of esters is 2. The maximum atomic E-state index is 11.6. The Balaban J connectivity index is 2.90. The van der Waals surface area contributed by atoms with E-state index >= 15 is 0 Å². The molecule has 1 aromatic rings. The van der Waals surface area contributed by atoms with Crippen LogP contribution in [0.3, 0.4) is 0 Å². The molecule has 1 aromatic heterocycles. The van der Waals surface area contributed by atoms with Gasteiger partial charge in [-0.1, -0.05) is 0 Å². The molecule has 1 unspecified atom stereocenters. The minimum absolute atomic E-state index is 0.0269. The molecule has 0 aliphatic heterocycles. The number of nitrogens with zero attached hydrogens (tertiary/aromatic N) is 1. The molecule has 19 heavy (non-hydrogen) atoms. The van der Waals surface area contributed by atoms with Gasteiger partial charge < -0.3 is 19.1 Å². The normalized spacial score (nSPS) is 11.7. The second kappa shape index (κ2) is 6.58. The van der Waals surface area contributed by atoms with E-state index in [4.69, 9.17) is 5.11 Å². The van der Waals surface area contributed by atoms with Crippen LogP contribution in [0.4, 0.5) is 0 Å². The van der Waals surface area contributed by atoms with Crippen LogP contribution in [0, 0.1) is 5.92 Å². The number of aromatic nitrogens is 1. The van der Waals surface area contributed by atoms with Crippen molar-refractivity contribution in [2.45, 2.75) is 13.0 Å². The quantitative estimate of drug-likeness (QED) is 0.750. The fraction of sp³-hybridized carbons (Fsp3) is 0.417. The summed E-state index contributed by atoms with van der Waals surface area (Å²) in [6, 6.07) is 2.33. The first-order valence-corrected chi connectivity index (χ1v) is 5.52. The van der Waals surface area contributed by atoms with Crippen molar-refractivity contribution in [2.24, 2.45) is 5.92 Å². The Morgan fingerprint density at radius 2 is 2.05 bits per heavy atom. The van der Waals surface area contributed by atoms with Gasteiger partial charge in [0.2, 0.25) is 0 Å². The summed E-state index contributed by atoms with van der Waals surface area (Å²) in [5.74, 6) is -2.16. The van der Waals surface area contributed by atoms with Crippen LogP contribution in [0.5, 0.6) is 5.75 Å². The van der Waals surface area contributed by atoms with Gasteiger partial charge in [-0.2, -0.15) is 0 Å². The van der Waals surface area contributed by atoms with E-state index in [-0.39, 0.29) is 18.7 Å². The average Bonchev–Trinajstić information content (AvgIpc) is 2.39. The molecule has 0 aromatic carbocycles. The lowest BCUT2D eigenvalue weighted by atomic mass is 10.1. The van der Waals surface area contributed by atoms with Crippen molar-refractivity contribution < 1.29 is 24.2 Å². The van der Waals surface area contributed by atoms with Gasteiger partial charge in [0, 0.05) is 18.8 Å². The summed E-state index contributed by atoms with van der Waals surface area (Å²) >= 11 is 0. The summed E-state index contributed by atoms with van der Waals surface area (Å²) in [7, 11) is 2.41. The summed E-state index contributed by atoms with van der Waals surface area (Å²) in [4.78, 5) is 34.3. The second-order valence-corrected chi connectivity index (χ2v) is 3.88. The van der Waals surface area contributed by atoms with Gasteiger partial charge in [0.15, 0.2) is 0 Å². The minimum Gasteiger partial charge on any atom is -0.508 e. The fourth-order valence-electron chi connectivity index (χ4n) is 1.56. The number of carbonyl (C=O) groups is 2. The van der Waals surface area contributed by atoms with Crippen molar-refractivity contribution >= 4 is 11.9 Å². The number of pyridine rings is 1. The molecule has 0 amide bonds. The lowest BCUT2D eigenvalue weighted by Crippen LogP contribution is -2.29. The summed E-state index contributed by atoms with van der Waals surface area (Å²) in [6.45, 7) is -0.0269. The van der Waals surface area contributed by atoms with Crippen molar-refractivity contribution in [3.8, 4) is 5.75 Å². The Morgan fingerprint density at radius 3 is 2.58 bits per heavy atom. The predicted octanol–water partition coefficient (Wildman–Crippen LogP) is -0.0938. The van der Waals surface area contributed by atoms with E-state index in [1.54, 1.807) is 0 Å². The van der Waals surface area contributed by atoms with Crippen LogP contribution in [0.25, 0.3) is 0 Å². The Bertz CT molecular complexity index is 521. The Hall–Kier alpha value is -2.31. The minimum atomic E-state index is -0.820. The average molecular weight is 269 g/mol. The molecule has 1 N–H and O–H groups in total. The lowest BCUT2D eigenvalue weighted by molar-refractivity contribution is -0.152. The zero-order valence-corrected chi connectivity index (χ0v) is 10.7. The SMILES string of the molecule is COC(=O)CC(Cn1ccc(O)cc1=O)C(=O)OC. The third-order valence-electron chi connectivity index (χ3n) is 2.57. The summed E-state index contributed by atoms with van der Waals surface area (Å²) in [6.07, 6.45) is 1.15. The molecule has 0 aliphatic carbocycles. The zero-order valence-electron chi connectivity index (χ0n) is 10.7. The highest BCUT2D eigenvalue weighted by atomic mass is 16.5. The molecule has 7 heteroatoms. The smallest absolute Gasteiger partial charge is 0.311 e. The van der Waals surface area contributed by atoms with Gasteiger partial charge in [0.1, 0.15) is 5.75 Å². The standard InChI is InChI=1S/C12H15NO6/c1-18-11(16)5-8(12(17)19-2)7-13-4-3-9(14)6-10(13)15/h3-4,6,8,14H,5,7H2,1-2H3. The van der Waals surface area contributed by atoms with Crippen molar-refractivity contribution in [1.82, 2.24) is 4.57 Å². The number of carbonyl (C=O) groups excluding carboxylic acids is 2. The number of aromatic hydroxyl groups is 1. The van der Waals surface area contributed by atoms with Crippen molar-refractivity contribution in [3.63, 3.8) is 0 Å². The van der Waals surface area contributed by atoms with E-state index in [0.717, 1.165) is 6.07 Å². The van der Waals surface area contributed by atoms with E-state index in [1.807, 2.05) is 0 Å². The molecule has 0 saturated carbocycles. The van der Waals surface area contributed by atoms with Gasteiger partial charge in [-0.3, -0.25) is 14.4 Å². The number of hydrogen-bond donors (Lipinski definition) is 1. The topological polar surface area (TPSA) is 94.8 Å². The Morgan fingerprint density at radius 1 is 1.37 bits per heavy atom. The third kappa shape index (κ3) is 4.13. The maximum Gasteiger partial charge on any atom is 0.311 e. The molecule has 0 fully saturated rings.